The van der Waals surface area contributed by atoms with Gasteiger partial charge in [-0.15, -0.1) is 0 Å². The molecule has 0 saturated carbocycles. The fraction of sp³-hybridized carbons (Fsp3) is 0.190. The van der Waals surface area contributed by atoms with Gasteiger partial charge < -0.3 is 14.5 Å². The van der Waals surface area contributed by atoms with E-state index in [-0.39, 0.29) is 17.4 Å². The number of esters is 1. The maximum atomic E-state index is 11.9. The van der Waals surface area contributed by atoms with Crippen molar-refractivity contribution in [1.29, 1.82) is 0 Å². The number of oxazole rings is 1. The molecule has 1 N–H and O–H groups in total. The van der Waals surface area contributed by atoms with Gasteiger partial charge in [-0.05, 0) is 42.8 Å². The van der Waals surface area contributed by atoms with Gasteiger partial charge in [-0.3, -0.25) is 4.79 Å². The number of aldehydes is 1. The maximum absolute atomic E-state index is 11.9. The Balaban J connectivity index is 1.68. The Hall–Kier alpha value is -3.41. The molecule has 138 valence electrons. The van der Waals surface area contributed by atoms with E-state index in [0.717, 1.165) is 18.5 Å². The van der Waals surface area contributed by atoms with Gasteiger partial charge in [0.1, 0.15) is 5.52 Å². The number of benzene rings is 2. The standard InChI is InChI=1S/C21H20N2O4/c1-2-3-12-26-21(25)15-8-10-17(11-9-15)22-13-16(14-24)20-23-18-6-4-5-7-19(18)27-20/h4-11,13-14,22H,2-3,12H2,1H3. The highest BCUT2D eigenvalue weighted by atomic mass is 16.5. The van der Waals surface area contributed by atoms with Gasteiger partial charge in [0, 0.05) is 11.9 Å². The number of para-hydroxylation sites is 2. The van der Waals surface area contributed by atoms with Crippen molar-refractivity contribution in [2.45, 2.75) is 19.8 Å². The Bertz CT molecular complexity index is 925. The molecule has 1 aromatic heterocycles. The number of anilines is 1. The third-order valence-electron chi connectivity index (χ3n) is 3.91. The number of unbranched alkanes of at least 4 members (excludes halogenated alkanes) is 1. The van der Waals surface area contributed by atoms with Gasteiger partial charge in [0.05, 0.1) is 17.7 Å². The van der Waals surface area contributed by atoms with Crippen molar-refractivity contribution < 1.29 is 18.7 Å². The summed E-state index contributed by atoms with van der Waals surface area (Å²) >= 11 is 0. The van der Waals surface area contributed by atoms with Crippen molar-refractivity contribution >= 4 is 34.6 Å². The van der Waals surface area contributed by atoms with Crippen molar-refractivity contribution in [3.8, 4) is 0 Å². The Labute approximate surface area is 156 Å². The number of rotatable bonds is 8. The topological polar surface area (TPSA) is 81.4 Å². The van der Waals surface area contributed by atoms with Crippen LogP contribution in [-0.4, -0.2) is 23.8 Å². The lowest BCUT2D eigenvalue weighted by Crippen LogP contribution is -2.06. The molecular formula is C21H20N2O4. The predicted octanol–water partition coefficient (Wildman–Crippen LogP) is 4.44. The smallest absolute Gasteiger partial charge is 0.338 e. The molecule has 2 aromatic carbocycles. The molecule has 0 bridgehead atoms. The normalized spacial score (nSPS) is 11.4. The van der Waals surface area contributed by atoms with E-state index in [1.807, 2.05) is 25.1 Å². The van der Waals surface area contributed by atoms with Crippen LogP contribution in [0.3, 0.4) is 0 Å². The SMILES string of the molecule is CCCCOC(=O)c1ccc(NC=C(C=O)c2nc3ccccc3o2)cc1. The Kier molecular flexibility index (Phi) is 5.99. The molecular weight excluding hydrogens is 344 g/mol. The summed E-state index contributed by atoms with van der Waals surface area (Å²) in [5.41, 5.74) is 2.79. The minimum atomic E-state index is -0.342. The van der Waals surface area contributed by atoms with Gasteiger partial charge in [0.2, 0.25) is 5.89 Å². The van der Waals surface area contributed by atoms with E-state index >= 15 is 0 Å². The van der Waals surface area contributed by atoms with Gasteiger partial charge in [0.25, 0.3) is 0 Å². The first-order valence-corrected chi connectivity index (χ1v) is 8.76. The molecule has 3 aromatic rings. The van der Waals surface area contributed by atoms with E-state index in [2.05, 4.69) is 10.3 Å². The molecule has 0 unspecified atom stereocenters. The van der Waals surface area contributed by atoms with Crippen LogP contribution in [0, 0.1) is 0 Å². The summed E-state index contributed by atoms with van der Waals surface area (Å²) in [4.78, 5) is 27.6. The summed E-state index contributed by atoms with van der Waals surface area (Å²) in [5.74, 6) is -0.0968. The number of carbonyl (C=O) groups is 2. The second kappa shape index (κ2) is 8.80. The van der Waals surface area contributed by atoms with Gasteiger partial charge in [-0.25, -0.2) is 9.78 Å². The number of nitrogens with zero attached hydrogens (tertiary/aromatic N) is 1. The lowest BCUT2D eigenvalue weighted by Gasteiger charge is -2.05. The lowest BCUT2D eigenvalue weighted by atomic mass is 10.2. The number of fused-ring (bicyclic) bond motifs is 1. The largest absolute Gasteiger partial charge is 0.462 e. The fourth-order valence-corrected chi connectivity index (χ4v) is 2.40. The Morgan fingerprint density at radius 1 is 1.19 bits per heavy atom. The molecule has 0 fully saturated rings. The zero-order valence-electron chi connectivity index (χ0n) is 15.0. The number of nitrogens with one attached hydrogen (secondary N) is 1. The summed E-state index contributed by atoms with van der Waals surface area (Å²) < 4.78 is 10.8. The maximum Gasteiger partial charge on any atom is 0.338 e. The molecule has 0 spiro atoms. The highest BCUT2D eigenvalue weighted by Crippen LogP contribution is 2.20. The predicted molar refractivity (Wildman–Crippen MR) is 103 cm³/mol. The van der Waals surface area contributed by atoms with Crippen LogP contribution in [0.1, 0.15) is 36.0 Å². The average molecular weight is 364 g/mol. The zero-order chi connectivity index (χ0) is 19.1. The van der Waals surface area contributed by atoms with E-state index in [9.17, 15) is 9.59 Å². The minimum absolute atomic E-state index is 0.245. The van der Waals surface area contributed by atoms with Crippen molar-refractivity contribution in [3.05, 3.63) is 66.2 Å². The quantitative estimate of drug-likeness (QED) is 0.275. The number of carbonyl (C=O) groups excluding carboxylic acids is 2. The van der Waals surface area contributed by atoms with Gasteiger partial charge in [-0.2, -0.15) is 0 Å². The highest BCUT2D eigenvalue weighted by molar-refractivity contribution is 6.06. The van der Waals surface area contributed by atoms with E-state index in [4.69, 9.17) is 9.15 Å². The molecule has 0 atom stereocenters. The van der Waals surface area contributed by atoms with Crippen LogP contribution < -0.4 is 5.32 Å². The molecule has 1 heterocycles. The molecule has 0 aliphatic carbocycles. The molecule has 27 heavy (non-hydrogen) atoms. The van der Waals surface area contributed by atoms with E-state index < -0.39 is 0 Å². The summed E-state index contributed by atoms with van der Waals surface area (Å²) in [5, 5.41) is 3.01. The highest BCUT2D eigenvalue weighted by Gasteiger charge is 2.10. The third-order valence-corrected chi connectivity index (χ3v) is 3.91. The molecule has 6 nitrogen and oxygen atoms in total. The van der Waals surface area contributed by atoms with Crippen LogP contribution in [0.25, 0.3) is 16.7 Å². The van der Waals surface area contributed by atoms with E-state index in [0.29, 0.717) is 29.6 Å². The van der Waals surface area contributed by atoms with Crippen molar-refractivity contribution in [2.24, 2.45) is 0 Å². The number of allylic oxidation sites excluding steroid dienone is 1. The summed E-state index contributed by atoms with van der Waals surface area (Å²) in [7, 11) is 0. The first-order chi connectivity index (χ1) is 13.2. The number of aromatic nitrogens is 1. The molecule has 0 aliphatic heterocycles. The number of hydrogen-bond acceptors (Lipinski definition) is 6. The summed E-state index contributed by atoms with van der Waals surface area (Å²) in [6, 6.07) is 14.1. The number of ether oxygens (including phenoxy) is 1. The van der Waals surface area contributed by atoms with E-state index in [1.165, 1.54) is 6.20 Å². The molecule has 0 saturated heterocycles. The second-order valence-electron chi connectivity index (χ2n) is 5.92. The van der Waals surface area contributed by atoms with Crippen LogP contribution in [0.15, 0.2) is 59.1 Å². The molecule has 0 aliphatic rings. The first kappa shape index (κ1) is 18.4. The molecule has 3 rings (SSSR count). The summed E-state index contributed by atoms with van der Waals surface area (Å²) in [6.45, 7) is 2.46. The minimum Gasteiger partial charge on any atom is -0.462 e. The Morgan fingerprint density at radius 3 is 2.67 bits per heavy atom. The lowest BCUT2D eigenvalue weighted by molar-refractivity contribution is -0.103. The third kappa shape index (κ3) is 4.61. The molecule has 0 amide bonds. The van der Waals surface area contributed by atoms with Crippen molar-refractivity contribution in [2.75, 3.05) is 11.9 Å². The monoisotopic (exact) mass is 364 g/mol. The van der Waals surface area contributed by atoms with E-state index in [1.54, 1.807) is 30.3 Å². The van der Waals surface area contributed by atoms with Crippen molar-refractivity contribution in [1.82, 2.24) is 4.98 Å². The van der Waals surface area contributed by atoms with Crippen LogP contribution in [0.4, 0.5) is 5.69 Å². The molecule has 0 radical (unpaired) electrons. The zero-order valence-corrected chi connectivity index (χ0v) is 15.0. The van der Waals surface area contributed by atoms with Gasteiger partial charge in [-0.1, -0.05) is 25.5 Å². The number of hydrogen-bond donors (Lipinski definition) is 1. The average Bonchev–Trinajstić information content (AvgIpc) is 3.13. The Morgan fingerprint density at radius 2 is 1.96 bits per heavy atom. The van der Waals surface area contributed by atoms with Gasteiger partial charge >= 0.3 is 5.97 Å². The van der Waals surface area contributed by atoms with Gasteiger partial charge in [0.15, 0.2) is 11.9 Å². The first-order valence-electron chi connectivity index (χ1n) is 8.76. The van der Waals surface area contributed by atoms with Crippen molar-refractivity contribution in [3.63, 3.8) is 0 Å². The summed E-state index contributed by atoms with van der Waals surface area (Å²) in [6.07, 6.45) is 4.02. The van der Waals surface area contributed by atoms with Crippen LogP contribution in [-0.2, 0) is 9.53 Å². The van der Waals surface area contributed by atoms with Crippen LogP contribution >= 0.6 is 0 Å². The van der Waals surface area contributed by atoms with Crippen LogP contribution in [0.2, 0.25) is 0 Å². The molecule has 6 heteroatoms. The fourth-order valence-electron chi connectivity index (χ4n) is 2.40. The van der Waals surface area contributed by atoms with Crippen LogP contribution in [0.5, 0.6) is 0 Å². The second-order valence-corrected chi connectivity index (χ2v) is 5.92.